The van der Waals surface area contributed by atoms with Crippen LogP contribution in [0.5, 0.6) is 0 Å². The number of hydrogen-bond acceptors (Lipinski definition) is 3. The van der Waals surface area contributed by atoms with Crippen molar-refractivity contribution in [1.82, 2.24) is 0 Å². The van der Waals surface area contributed by atoms with Gasteiger partial charge in [-0.2, -0.15) is 11.8 Å². The van der Waals surface area contributed by atoms with E-state index < -0.39 is 0 Å². The van der Waals surface area contributed by atoms with Crippen molar-refractivity contribution in [2.45, 2.75) is 44.4 Å². The van der Waals surface area contributed by atoms with Gasteiger partial charge in [0.1, 0.15) is 0 Å². The van der Waals surface area contributed by atoms with E-state index in [2.05, 4.69) is 13.8 Å². The maximum absolute atomic E-state index is 6.18. The van der Waals surface area contributed by atoms with Gasteiger partial charge < -0.3 is 10.5 Å². The molecule has 2 nitrogen and oxygen atoms in total. The Morgan fingerprint density at radius 2 is 2.07 bits per heavy atom. The Balaban J connectivity index is 2.16. The van der Waals surface area contributed by atoms with Crippen molar-refractivity contribution in [3.63, 3.8) is 0 Å². The van der Waals surface area contributed by atoms with Crippen LogP contribution in [-0.4, -0.2) is 30.3 Å². The van der Waals surface area contributed by atoms with E-state index in [1.165, 1.54) is 6.42 Å². The summed E-state index contributed by atoms with van der Waals surface area (Å²) in [5.41, 5.74) is 6.18. The molecule has 0 amide bonds. The lowest BCUT2D eigenvalue weighted by Crippen LogP contribution is -2.36. The van der Waals surface area contributed by atoms with Gasteiger partial charge in [-0.3, -0.25) is 0 Å². The van der Waals surface area contributed by atoms with Gasteiger partial charge in [-0.15, -0.1) is 0 Å². The summed E-state index contributed by atoms with van der Waals surface area (Å²) in [6, 6.07) is 0.373. The third-order valence-corrected chi connectivity index (χ3v) is 4.50. The standard InChI is InChI=1S/C11H23NOS/c1-3-9(2)14-8-11(12)10-4-6-13-7-5-10/h9-11H,3-8,12H2,1-2H3. The molecule has 3 heteroatoms. The molecule has 0 aromatic heterocycles. The summed E-state index contributed by atoms with van der Waals surface area (Å²) in [6.45, 7) is 6.33. The molecule has 14 heavy (non-hydrogen) atoms. The van der Waals surface area contributed by atoms with Gasteiger partial charge in [0.2, 0.25) is 0 Å². The Kier molecular flexibility index (Phi) is 5.90. The molecule has 0 radical (unpaired) electrons. The topological polar surface area (TPSA) is 35.2 Å². The van der Waals surface area contributed by atoms with Crippen molar-refractivity contribution in [1.29, 1.82) is 0 Å². The fraction of sp³-hybridized carbons (Fsp3) is 1.00. The van der Waals surface area contributed by atoms with Gasteiger partial charge in [-0.05, 0) is 25.2 Å². The molecule has 0 saturated carbocycles. The number of ether oxygens (including phenoxy) is 1. The van der Waals surface area contributed by atoms with Gasteiger partial charge in [0.05, 0.1) is 0 Å². The van der Waals surface area contributed by atoms with Crippen LogP contribution in [0.2, 0.25) is 0 Å². The van der Waals surface area contributed by atoms with Crippen LogP contribution in [0.3, 0.4) is 0 Å². The average Bonchev–Trinajstić information content (AvgIpc) is 2.26. The molecule has 84 valence electrons. The van der Waals surface area contributed by atoms with Crippen molar-refractivity contribution in [3.05, 3.63) is 0 Å². The van der Waals surface area contributed by atoms with E-state index in [4.69, 9.17) is 10.5 Å². The van der Waals surface area contributed by atoms with Crippen LogP contribution in [0, 0.1) is 5.92 Å². The summed E-state index contributed by atoms with van der Waals surface area (Å²) >= 11 is 2.01. The van der Waals surface area contributed by atoms with Crippen LogP contribution < -0.4 is 5.73 Å². The Bertz CT molecular complexity index is 148. The fourth-order valence-corrected chi connectivity index (χ4v) is 2.73. The molecule has 0 aliphatic carbocycles. The van der Waals surface area contributed by atoms with E-state index in [0.29, 0.717) is 12.0 Å². The van der Waals surface area contributed by atoms with E-state index in [1.807, 2.05) is 11.8 Å². The van der Waals surface area contributed by atoms with E-state index in [0.717, 1.165) is 37.1 Å². The third-order valence-electron chi connectivity index (χ3n) is 3.02. The summed E-state index contributed by atoms with van der Waals surface area (Å²) in [5, 5.41) is 0.751. The largest absolute Gasteiger partial charge is 0.381 e. The van der Waals surface area contributed by atoms with Gasteiger partial charge in [0, 0.05) is 30.3 Å². The lowest BCUT2D eigenvalue weighted by Gasteiger charge is -2.27. The fourth-order valence-electron chi connectivity index (χ4n) is 1.67. The second-order valence-corrected chi connectivity index (χ2v) is 5.64. The first-order valence-corrected chi connectivity index (χ1v) is 6.73. The quantitative estimate of drug-likeness (QED) is 0.767. The van der Waals surface area contributed by atoms with Crippen molar-refractivity contribution < 1.29 is 4.74 Å². The van der Waals surface area contributed by atoms with Gasteiger partial charge in [0.25, 0.3) is 0 Å². The molecule has 1 aliphatic rings. The first kappa shape index (κ1) is 12.3. The molecule has 1 aliphatic heterocycles. The molecule has 1 rings (SSSR count). The molecule has 0 aromatic rings. The van der Waals surface area contributed by atoms with Crippen LogP contribution in [0.25, 0.3) is 0 Å². The zero-order valence-corrected chi connectivity index (χ0v) is 10.2. The smallest absolute Gasteiger partial charge is 0.0469 e. The molecule has 2 atom stereocenters. The highest BCUT2D eigenvalue weighted by Gasteiger charge is 2.21. The van der Waals surface area contributed by atoms with Crippen molar-refractivity contribution in [2.24, 2.45) is 11.7 Å². The highest BCUT2D eigenvalue weighted by atomic mass is 32.2. The second kappa shape index (κ2) is 6.70. The number of rotatable bonds is 5. The summed E-state index contributed by atoms with van der Waals surface area (Å²) in [6.07, 6.45) is 3.55. The molecular weight excluding hydrogens is 194 g/mol. The average molecular weight is 217 g/mol. The van der Waals surface area contributed by atoms with Crippen LogP contribution >= 0.6 is 11.8 Å². The second-order valence-electron chi connectivity index (χ2n) is 4.17. The molecule has 2 unspecified atom stereocenters. The van der Waals surface area contributed by atoms with Gasteiger partial charge >= 0.3 is 0 Å². The van der Waals surface area contributed by atoms with Crippen molar-refractivity contribution in [2.75, 3.05) is 19.0 Å². The minimum Gasteiger partial charge on any atom is -0.381 e. The Hall–Kier alpha value is 0.270. The van der Waals surface area contributed by atoms with Crippen LogP contribution in [0.15, 0.2) is 0 Å². The number of nitrogens with two attached hydrogens (primary N) is 1. The summed E-state index contributed by atoms with van der Waals surface area (Å²) in [7, 11) is 0. The maximum Gasteiger partial charge on any atom is 0.0469 e. The van der Waals surface area contributed by atoms with Gasteiger partial charge in [-0.1, -0.05) is 13.8 Å². The first-order chi connectivity index (χ1) is 6.74. The SMILES string of the molecule is CCC(C)SCC(N)C1CCOCC1. The third kappa shape index (κ3) is 4.20. The van der Waals surface area contributed by atoms with E-state index >= 15 is 0 Å². The Morgan fingerprint density at radius 1 is 1.43 bits per heavy atom. The summed E-state index contributed by atoms with van der Waals surface area (Å²) in [5.74, 6) is 1.81. The summed E-state index contributed by atoms with van der Waals surface area (Å²) < 4.78 is 5.33. The predicted octanol–water partition coefficient (Wildman–Crippen LogP) is 2.27. The minimum atomic E-state index is 0.373. The molecule has 0 spiro atoms. The van der Waals surface area contributed by atoms with Gasteiger partial charge in [0.15, 0.2) is 0 Å². The van der Waals surface area contributed by atoms with E-state index in [9.17, 15) is 0 Å². The van der Waals surface area contributed by atoms with Crippen LogP contribution in [0.1, 0.15) is 33.1 Å². The highest BCUT2D eigenvalue weighted by Crippen LogP contribution is 2.22. The first-order valence-electron chi connectivity index (χ1n) is 5.69. The molecular formula is C11H23NOS. The highest BCUT2D eigenvalue weighted by molar-refractivity contribution is 7.99. The normalized spacial score (nSPS) is 23.4. The maximum atomic E-state index is 6.18. The monoisotopic (exact) mass is 217 g/mol. The van der Waals surface area contributed by atoms with Crippen LogP contribution in [-0.2, 0) is 4.74 Å². The van der Waals surface area contributed by atoms with Crippen LogP contribution in [0.4, 0.5) is 0 Å². The predicted molar refractivity (Wildman–Crippen MR) is 63.7 cm³/mol. The zero-order valence-electron chi connectivity index (χ0n) is 9.37. The lowest BCUT2D eigenvalue weighted by molar-refractivity contribution is 0.0607. The molecule has 1 heterocycles. The Labute approximate surface area is 92.0 Å². The lowest BCUT2D eigenvalue weighted by atomic mass is 9.94. The van der Waals surface area contributed by atoms with Crippen molar-refractivity contribution in [3.8, 4) is 0 Å². The van der Waals surface area contributed by atoms with Gasteiger partial charge in [-0.25, -0.2) is 0 Å². The van der Waals surface area contributed by atoms with Crippen molar-refractivity contribution >= 4 is 11.8 Å². The Morgan fingerprint density at radius 3 is 2.64 bits per heavy atom. The van der Waals surface area contributed by atoms with E-state index in [1.54, 1.807) is 0 Å². The minimum absolute atomic E-state index is 0.373. The summed E-state index contributed by atoms with van der Waals surface area (Å²) in [4.78, 5) is 0. The van der Waals surface area contributed by atoms with E-state index in [-0.39, 0.29) is 0 Å². The number of hydrogen-bond donors (Lipinski definition) is 1. The number of thioether (sulfide) groups is 1. The molecule has 0 bridgehead atoms. The molecule has 1 fully saturated rings. The molecule has 0 aromatic carbocycles. The zero-order chi connectivity index (χ0) is 10.4. The molecule has 2 N–H and O–H groups in total. The molecule has 1 saturated heterocycles.